The van der Waals surface area contributed by atoms with E-state index in [1.54, 1.807) is 0 Å². The van der Waals surface area contributed by atoms with E-state index in [4.69, 9.17) is 57.5 Å². The van der Waals surface area contributed by atoms with E-state index in [0.29, 0.717) is 4.66 Å². The van der Waals surface area contributed by atoms with E-state index in [-0.39, 0.29) is 15.0 Å². The van der Waals surface area contributed by atoms with Crippen LogP contribution in [0.25, 0.3) is 0 Å². The molecule has 1 aliphatic heterocycles. The Morgan fingerprint density at radius 1 is 1.58 bits per heavy atom. The number of hydrogen-bond acceptors (Lipinski definition) is 0. The Bertz CT molecular complexity index is 228. The van der Waals surface area contributed by atoms with Crippen LogP contribution in [-0.4, -0.2) is 30.6 Å². The summed E-state index contributed by atoms with van der Waals surface area (Å²) in [5.74, 6) is 0. The fourth-order valence-electron chi connectivity index (χ4n) is 0.778. The Hall–Kier alpha value is 1.93. The van der Waals surface area contributed by atoms with Crippen LogP contribution in [0, 0.1) is 0 Å². The van der Waals surface area contributed by atoms with Crippen molar-refractivity contribution in [2.75, 3.05) is 0 Å². The van der Waals surface area contributed by atoms with Gasteiger partial charge in [-0.25, -0.2) is 0 Å². The fourth-order valence-corrected chi connectivity index (χ4v) is 12.5. The molecule has 0 aromatic rings. The van der Waals surface area contributed by atoms with Crippen LogP contribution in [0.4, 0.5) is 0 Å². The molecule has 70 valence electrons. The van der Waals surface area contributed by atoms with Gasteiger partial charge >= 0.3 is 104 Å². The molecule has 7 heteroatoms. The first-order valence-corrected chi connectivity index (χ1v) is 10.0. The minimum absolute atomic E-state index is 0.0114. The standard InChI is InChI=1S/C5H5Cl5SeSi/c1-12(10)3(6)2-11-5(12,9)4(7)8/h2,4H,1H3. The molecule has 1 heterocycles. The molecule has 2 atom stereocenters. The van der Waals surface area contributed by atoms with Crippen LogP contribution in [0.5, 0.6) is 0 Å². The van der Waals surface area contributed by atoms with E-state index in [1.807, 2.05) is 11.5 Å². The summed E-state index contributed by atoms with van der Waals surface area (Å²) in [5, 5.41) is 0. The Kier molecular flexibility index (Phi) is 3.82. The number of halogens is 5. The van der Waals surface area contributed by atoms with Gasteiger partial charge in [-0.2, -0.15) is 0 Å². The monoisotopic (exact) mass is 348 g/mol. The molecule has 0 aliphatic carbocycles. The SMILES string of the molecule is C[Si]1(Cl)C(Cl)=C[Se]C1(Cl)C(Cl)Cl. The molecular formula is C5H5Cl5SeSi. The first-order valence-electron chi connectivity index (χ1n) is 3.02. The zero-order valence-corrected chi connectivity index (χ0v) is 12.4. The molecule has 2 unspecified atom stereocenters. The van der Waals surface area contributed by atoms with Gasteiger partial charge < -0.3 is 0 Å². The van der Waals surface area contributed by atoms with Gasteiger partial charge in [0.2, 0.25) is 0 Å². The maximum atomic E-state index is 6.27. The zero-order chi connectivity index (χ0) is 9.57. The second-order valence-corrected chi connectivity index (χ2v) is 14.5. The van der Waals surface area contributed by atoms with Gasteiger partial charge in [-0.3, -0.25) is 0 Å². The summed E-state index contributed by atoms with van der Waals surface area (Å²) in [4.78, 5) is 1.22. The van der Waals surface area contributed by atoms with Crippen molar-refractivity contribution in [1.29, 1.82) is 0 Å². The molecule has 0 aromatic heterocycles. The third kappa shape index (κ3) is 1.70. The van der Waals surface area contributed by atoms with Crippen molar-refractivity contribution >= 4 is 79.8 Å². The summed E-state index contributed by atoms with van der Waals surface area (Å²) < 4.78 is -0.0210. The van der Waals surface area contributed by atoms with Crippen LogP contribution >= 0.6 is 57.5 Å². The molecule has 0 nitrogen and oxygen atoms in total. The Morgan fingerprint density at radius 2 is 2.08 bits per heavy atom. The van der Waals surface area contributed by atoms with Crippen LogP contribution in [0.2, 0.25) is 6.55 Å². The Balaban J connectivity index is 3.00. The maximum absolute atomic E-state index is 6.27. The normalized spacial score (nSPS) is 42.1. The van der Waals surface area contributed by atoms with Crippen molar-refractivity contribution in [3.8, 4) is 0 Å². The van der Waals surface area contributed by atoms with E-state index in [9.17, 15) is 0 Å². The molecule has 1 aliphatic rings. The van der Waals surface area contributed by atoms with Gasteiger partial charge in [-0.1, -0.05) is 0 Å². The summed E-state index contributed by atoms with van der Waals surface area (Å²) in [7, 11) is -2.33. The van der Waals surface area contributed by atoms with E-state index in [0.717, 1.165) is 0 Å². The molecule has 0 bridgehead atoms. The number of alkyl halides is 3. The summed E-state index contributed by atoms with van der Waals surface area (Å²) in [6.45, 7) is 1.87. The predicted molar refractivity (Wildman–Crippen MR) is 61.2 cm³/mol. The minimum atomic E-state index is -2.33. The fraction of sp³-hybridized carbons (Fsp3) is 0.600. The van der Waals surface area contributed by atoms with Crippen LogP contribution in [0.3, 0.4) is 0 Å². The summed E-state index contributed by atoms with van der Waals surface area (Å²) >= 11 is 30.0. The van der Waals surface area contributed by atoms with Crippen LogP contribution in [-0.2, 0) is 0 Å². The van der Waals surface area contributed by atoms with Crippen molar-refractivity contribution in [3.05, 3.63) is 9.63 Å². The van der Waals surface area contributed by atoms with E-state index in [1.165, 1.54) is 0 Å². The number of hydrogen-bond donors (Lipinski definition) is 0. The predicted octanol–water partition coefficient (Wildman–Crippen LogP) is 3.42. The van der Waals surface area contributed by atoms with Crippen molar-refractivity contribution in [2.24, 2.45) is 0 Å². The molecule has 0 saturated heterocycles. The van der Waals surface area contributed by atoms with Crippen molar-refractivity contribution in [2.45, 2.75) is 14.8 Å². The van der Waals surface area contributed by atoms with Gasteiger partial charge in [0, 0.05) is 0 Å². The van der Waals surface area contributed by atoms with Crippen molar-refractivity contribution < 1.29 is 0 Å². The number of rotatable bonds is 1. The summed E-state index contributed by atoms with van der Waals surface area (Å²) in [6, 6.07) is 0. The molecule has 0 saturated carbocycles. The molecule has 0 spiro atoms. The molecule has 0 aromatic carbocycles. The average molecular weight is 349 g/mol. The van der Waals surface area contributed by atoms with E-state index < -0.39 is 15.6 Å². The Labute approximate surface area is 103 Å². The van der Waals surface area contributed by atoms with Crippen molar-refractivity contribution in [3.63, 3.8) is 0 Å². The topological polar surface area (TPSA) is 0 Å². The first kappa shape index (κ1) is 12.0. The molecule has 1 rings (SSSR count). The van der Waals surface area contributed by atoms with Crippen LogP contribution in [0.1, 0.15) is 0 Å². The molecule has 0 radical (unpaired) electrons. The molecule has 12 heavy (non-hydrogen) atoms. The van der Waals surface area contributed by atoms with Gasteiger partial charge in [0.05, 0.1) is 0 Å². The average Bonchev–Trinajstić information content (AvgIpc) is 2.15. The second kappa shape index (κ2) is 3.82. The van der Waals surface area contributed by atoms with E-state index in [2.05, 4.69) is 0 Å². The van der Waals surface area contributed by atoms with Gasteiger partial charge in [-0.15, -0.1) is 0 Å². The second-order valence-electron chi connectivity index (χ2n) is 2.53. The van der Waals surface area contributed by atoms with Crippen LogP contribution in [0.15, 0.2) is 9.63 Å². The van der Waals surface area contributed by atoms with Gasteiger partial charge in [0.15, 0.2) is 0 Å². The third-order valence-electron chi connectivity index (χ3n) is 1.70. The van der Waals surface area contributed by atoms with Crippen LogP contribution < -0.4 is 0 Å². The summed E-state index contributed by atoms with van der Waals surface area (Å²) in [5.41, 5.74) is 0. The first-order chi connectivity index (χ1) is 5.32. The Morgan fingerprint density at radius 3 is 2.25 bits per heavy atom. The molecule has 0 N–H and O–H groups in total. The molecule has 0 fully saturated rings. The summed E-state index contributed by atoms with van der Waals surface area (Å²) in [6.07, 6.45) is 0. The van der Waals surface area contributed by atoms with E-state index >= 15 is 0 Å². The quantitative estimate of drug-likeness (QED) is 0.387. The molecule has 0 amide bonds. The van der Waals surface area contributed by atoms with Gasteiger partial charge in [-0.05, 0) is 0 Å². The molecular weight excluding hydrogens is 344 g/mol. The third-order valence-corrected chi connectivity index (χ3v) is 17.9. The zero-order valence-electron chi connectivity index (χ0n) is 5.95. The van der Waals surface area contributed by atoms with Gasteiger partial charge in [0.1, 0.15) is 0 Å². The van der Waals surface area contributed by atoms with Crippen molar-refractivity contribution in [1.82, 2.24) is 0 Å². The van der Waals surface area contributed by atoms with Gasteiger partial charge in [0.25, 0.3) is 0 Å².